The summed E-state index contributed by atoms with van der Waals surface area (Å²) >= 11 is 0. The van der Waals surface area contributed by atoms with Crippen LogP contribution in [0.15, 0.2) is 72.8 Å². The first-order valence-electron chi connectivity index (χ1n) is 12.4. The van der Waals surface area contributed by atoms with E-state index in [0.29, 0.717) is 5.56 Å². The zero-order valence-electron chi connectivity index (χ0n) is 19.2. The molecular formula is C29H29N3O2. The van der Waals surface area contributed by atoms with Gasteiger partial charge in [-0.1, -0.05) is 42.5 Å². The molecule has 2 heterocycles. The Labute approximate surface area is 200 Å². The van der Waals surface area contributed by atoms with E-state index in [-0.39, 0.29) is 24.0 Å². The topological polar surface area (TPSA) is 52.7 Å². The molecule has 1 N–H and O–H groups in total. The van der Waals surface area contributed by atoms with E-state index in [2.05, 4.69) is 29.6 Å². The fourth-order valence-corrected chi connectivity index (χ4v) is 5.79. The van der Waals surface area contributed by atoms with Gasteiger partial charge in [0.1, 0.15) is 6.17 Å². The van der Waals surface area contributed by atoms with Gasteiger partial charge in [-0.15, -0.1) is 0 Å². The van der Waals surface area contributed by atoms with Crippen LogP contribution in [-0.2, 0) is 6.42 Å². The minimum atomic E-state index is -0.250. The number of nitrogens with zero attached hydrogens (tertiary/aromatic N) is 2. The molecule has 2 amide bonds. The maximum atomic E-state index is 13.6. The Morgan fingerprint density at radius 3 is 2.32 bits per heavy atom. The van der Waals surface area contributed by atoms with Crippen LogP contribution in [0.25, 0.3) is 0 Å². The van der Waals surface area contributed by atoms with Crippen LogP contribution in [0.4, 0.5) is 5.69 Å². The van der Waals surface area contributed by atoms with Crippen molar-refractivity contribution in [2.24, 2.45) is 0 Å². The number of likely N-dealkylation sites (tertiary alicyclic amines) is 1. The lowest BCUT2D eigenvalue weighted by molar-refractivity contribution is 0.0627. The average molecular weight is 452 g/mol. The highest BCUT2D eigenvalue weighted by Gasteiger charge is 2.42. The van der Waals surface area contributed by atoms with Gasteiger partial charge in [-0.05, 0) is 73.6 Å². The molecule has 3 aromatic carbocycles. The maximum Gasteiger partial charge on any atom is 0.256 e. The van der Waals surface area contributed by atoms with Crippen molar-refractivity contribution in [3.8, 4) is 0 Å². The van der Waals surface area contributed by atoms with Gasteiger partial charge >= 0.3 is 0 Å². The summed E-state index contributed by atoms with van der Waals surface area (Å²) in [6.07, 6.45) is 5.01. The first-order valence-corrected chi connectivity index (χ1v) is 12.4. The predicted octanol–water partition coefficient (Wildman–Crippen LogP) is 5.57. The number of rotatable bonds is 4. The molecule has 0 saturated carbocycles. The van der Waals surface area contributed by atoms with Crippen LogP contribution >= 0.6 is 0 Å². The smallest absolute Gasteiger partial charge is 0.256 e. The minimum Gasteiger partial charge on any atom is -0.361 e. The van der Waals surface area contributed by atoms with E-state index in [1.807, 2.05) is 58.3 Å². The Kier molecular flexibility index (Phi) is 5.33. The van der Waals surface area contributed by atoms with Gasteiger partial charge < -0.3 is 15.1 Å². The molecule has 1 aliphatic carbocycles. The predicted molar refractivity (Wildman–Crippen MR) is 133 cm³/mol. The van der Waals surface area contributed by atoms with Crippen molar-refractivity contribution in [1.29, 1.82) is 0 Å². The summed E-state index contributed by atoms with van der Waals surface area (Å²) in [7, 11) is 0. The Balaban J connectivity index is 1.31. The van der Waals surface area contributed by atoms with Gasteiger partial charge in [0, 0.05) is 35.5 Å². The molecule has 5 nitrogen and oxygen atoms in total. The van der Waals surface area contributed by atoms with Gasteiger partial charge in [0.15, 0.2) is 0 Å². The van der Waals surface area contributed by atoms with E-state index < -0.39 is 0 Å². The summed E-state index contributed by atoms with van der Waals surface area (Å²) in [6, 6.07) is 24.2. The van der Waals surface area contributed by atoms with Crippen LogP contribution in [0.2, 0.25) is 0 Å². The van der Waals surface area contributed by atoms with Gasteiger partial charge in [0.05, 0.1) is 6.04 Å². The zero-order chi connectivity index (χ0) is 23.1. The number of anilines is 1. The van der Waals surface area contributed by atoms with Crippen LogP contribution in [0, 0.1) is 0 Å². The Bertz CT molecular complexity index is 1230. The number of fused-ring (bicyclic) bond motifs is 2. The van der Waals surface area contributed by atoms with Crippen LogP contribution < -0.4 is 5.32 Å². The second-order valence-corrected chi connectivity index (χ2v) is 9.53. The molecule has 0 spiro atoms. The number of amides is 2. The monoisotopic (exact) mass is 451 g/mol. The molecule has 2 atom stereocenters. The molecular weight excluding hydrogens is 422 g/mol. The Morgan fingerprint density at radius 2 is 1.53 bits per heavy atom. The number of aryl methyl sites for hydroxylation is 1. The van der Waals surface area contributed by atoms with Gasteiger partial charge in [0.25, 0.3) is 11.8 Å². The third-order valence-corrected chi connectivity index (χ3v) is 7.50. The fraction of sp³-hybridized carbons (Fsp3) is 0.310. The number of carbonyl (C=O) groups is 2. The Hall–Kier alpha value is -3.60. The van der Waals surface area contributed by atoms with E-state index in [1.165, 1.54) is 11.1 Å². The molecule has 0 radical (unpaired) electrons. The van der Waals surface area contributed by atoms with Crippen molar-refractivity contribution in [2.45, 2.75) is 44.3 Å². The highest BCUT2D eigenvalue weighted by Crippen LogP contribution is 2.44. The molecule has 1 fully saturated rings. The number of carbonyl (C=O) groups excluding carboxylic acids is 2. The first kappa shape index (κ1) is 21.0. The largest absolute Gasteiger partial charge is 0.361 e. The lowest BCUT2D eigenvalue weighted by Gasteiger charge is -2.38. The molecule has 5 heteroatoms. The van der Waals surface area contributed by atoms with Crippen molar-refractivity contribution >= 4 is 17.5 Å². The minimum absolute atomic E-state index is 0.0402. The van der Waals surface area contributed by atoms with Crippen molar-refractivity contribution in [2.75, 3.05) is 18.4 Å². The molecule has 6 rings (SSSR count). The van der Waals surface area contributed by atoms with Crippen LogP contribution in [-0.4, -0.2) is 34.7 Å². The third kappa shape index (κ3) is 3.56. The van der Waals surface area contributed by atoms with Crippen LogP contribution in [0.5, 0.6) is 0 Å². The lowest BCUT2D eigenvalue weighted by atomic mass is 9.86. The van der Waals surface area contributed by atoms with Crippen molar-refractivity contribution < 1.29 is 9.59 Å². The SMILES string of the molecule is O=C(c1ccc(NC2c3ccccc3C(=O)N2C2CCCc3ccccc32)cc1)N1CCCC1. The van der Waals surface area contributed by atoms with E-state index >= 15 is 0 Å². The zero-order valence-corrected chi connectivity index (χ0v) is 19.2. The molecule has 34 heavy (non-hydrogen) atoms. The van der Waals surface area contributed by atoms with Gasteiger partial charge in [-0.25, -0.2) is 0 Å². The summed E-state index contributed by atoms with van der Waals surface area (Å²) in [5.41, 5.74) is 5.99. The van der Waals surface area contributed by atoms with Gasteiger partial charge in [0.2, 0.25) is 0 Å². The maximum absolute atomic E-state index is 13.6. The summed E-state index contributed by atoms with van der Waals surface area (Å²) in [5.74, 6) is 0.182. The molecule has 172 valence electrons. The standard InChI is InChI=1S/C29H29N3O2/c33-28(31-18-5-6-19-31)21-14-16-22(17-15-21)30-27-24-11-3-4-12-25(24)29(34)32(27)26-13-7-9-20-8-1-2-10-23(20)26/h1-4,8,10-12,14-17,26-27,30H,5-7,9,13,18-19H2. The number of hydrogen-bond acceptors (Lipinski definition) is 3. The molecule has 1 saturated heterocycles. The normalized spacial score (nSPS) is 21.4. The van der Waals surface area contributed by atoms with E-state index in [0.717, 1.165) is 62.0 Å². The van der Waals surface area contributed by atoms with E-state index in [1.54, 1.807) is 0 Å². The number of nitrogens with one attached hydrogen (secondary N) is 1. The van der Waals surface area contributed by atoms with Gasteiger partial charge in [-0.3, -0.25) is 9.59 Å². The molecule has 0 bridgehead atoms. The quantitative estimate of drug-likeness (QED) is 0.564. The second kappa shape index (κ2) is 8.64. The summed E-state index contributed by atoms with van der Waals surface area (Å²) in [4.78, 5) is 30.3. The van der Waals surface area contributed by atoms with Crippen LogP contribution in [0.1, 0.15) is 75.3 Å². The molecule has 3 aromatic rings. The van der Waals surface area contributed by atoms with E-state index in [4.69, 9.17) is 0 Å². The van der Waals surface area contributed by atoms with Gasteiger partial charge in [-0.2, -0.15) is 0 Å². The van der Waals surface area contributed by atoms with Crippen molar-refractivity contribution in [3.05, 3.63) is 101 Å². The summed E-state index contributed by atoms with van der Waals surface area (Å²) < 4.78 is 0. The molecule has 0 aromatic heterocycles. The first-order chi connectivity index (χ1) is 16.7. The number of hydrogen-bond donors (Lipinski definition) is 1. The highest BCUT2D eigenvalue weighted by molar-refractivity contribution is 6.00. The average Bonchev–Trinajstić information content (AvgIpc) is 3.52. The summed E-state index contributed by atoms with van der Waals surface area (Å²) in [6.45, 7) is 1.69. The second-order valence-electron chi connectivity index (χ2n) is 9.53. The number of benzene rings is 3. The highest BCUT2D eigenvalue weighted by atomic mass is 16.2. The lowest BCUT2D eigenvalue weighted by Crippen LogP contribution is -2.37. The molecule has 2 aliphatic heterocycles. The molecule has 2 unspecified atom stereocenters. The van der Waals surface area contributed by atoms with E-state index in [9.17, 15) is 9.59 Å². The summed E-state index contributed by atoms with van der Waals surface area (Å²) in [5, 5.41) is 3.62. The molecule has 3 aliphatic rings. The fourth-order valence-electron chi connectivity index (χ4n) is 5.79. The van der Waals surface area contributed by atoms with Crippen molar-refractivity contribution in [1.82, 2.24) is 9.80 Å². The van der Waals surface area contributed by atoms with Crippen LogP contribution in [0.3, 0.4) is 0 Å². The van der Waals surface area contributed by atoms with Crippen molar-refractivity contribution in [3.63, 3.8) is 0 Å². The third-order valence-electron chi connectivity index (χ3n) is 7.50. The Morgan fingerprint density at radius 1 is 0.824 bits per heavy atom.